The predicted molar refractivity (Wildman–Crippen MR) is 116 cm³/mol. The van der Waals surface area contributed by atoms with E-state index < -0.39 is 6.04 Å². The minimum absolute atomic E-state index is 0.0992. The van der Waals surface area contributed by atoms with Crippen LogP contribution in [0.2, 0.25) is 0 Å². The van der Waals surface area contributed by atoms with Gasteiger partial charge >= 0.3 is 0 Å². The van der Waals surface area contributed by atoms with Gasteiger partial charge < -0.3 is 10.6 Å². The predicted octanol–water partition coefficient (Wildman–Crippen LogP) is 3.79. The maximum absolute atomic E-state index is 13.3. The van der Waals surface area contributed by atoms with Crippen LogP contribution < -0.4 is 10.6 Å². The molecule has 1 aromatic carbocycles. The normalized spacial score (nSPS) is 19.9. The molecule has 5 nitrogen and oxygen atoms in total. The first-order valence-corrected chi connectivity index (χ1v) is 10.8. The molecule has 2 aliphatic rings. The number of benzene rings is 1. The summed E-state index contributed by atoms with van der Waals surface area (Å²) in [4.78, 5) is 31.5. The van der Waals surface area contributed by atoms with E-state index in [1.807, 2.05) is 30.3 Å². The highest BCUT2D eigenvalue weighted by Crippen LogP contribution is 2.38. The molecule has 146 valence electrons. The highest BCUT2D eigenvalue weighted by atomic mass is 32.1. The Morgan fingerprint density at radius 3 is 2.93 bits per heavy atom. The summed E-state index contributed by atoms with van der Waals surface area (Å²) in [6.45, 7) is 0.676. The molecule has 0 bridgehead atoms. The number of fused-ring (bicyclic) bond motifs is 2. The number of para-hydroxylation sites is 1. The van der Waals surface area contributed by atoms with Crippen molar-refractivity contribution in [1.29, 1.82) is 0 Å². The van der Waals surface area contributed by atoms with Gasteiger partial charge in [0.05, 0.1) is 16.8 Å². The summed E-state index contributed by atoms with van der Waals surface area (Å²) in [5.74, 6) is -0.280. The van der Waals surface area contributed by atoms with E-state index >= 15 is 0 Å². The zero-order valence-corrected chi connectivity index (χ0v) is 16.7. The zero-order chi connectivity index (χ0) is 19.8. The summed E-state index contributed by atoms with van der Waals surface area (Å²) in [5, 5.41) is 8.71. The van der Waals surface area contributed by atoms with Crippen molar-refractivity contribution in [2.45, 2.75) is 31.7 Å². The molecule has 3 aromatic rings. The van der Waals surface area contributed by atoms with Crippen molar-refractivity contribution < 1.29 is 9.59 Å². The van der Waals surface area contributed by atoms with Gasteiger partial charge in [0, 0.05) is 16.8 Å². The molecule has 2 amide bonds. The van der Waals surface area contributed by atoms with Crippen molar-refractivity contribution in [1.82, 2.24) is 15.6 Å². The molecule has 1 aliphatic heterocycles. The number of piperidine rings is 1. The van der Waals surface area contributed by atoms with Crippen molar-refractivity contribution >= 4 is 45.7 Å². The number of hydrogen-bond donors (Lipinski definition) is 2. The second-order valence-electron chi connectivity index (χ2n) is 7.48. The lowest BCUT2D eigenvalue weighted by molar-refractivity contribution is -0.124. The van der Waals surface area contributed by atoms with Crippen molar-refractivity contribution in [2.75, 3.05) is 6.54 Å². The molecule has 2 N–H and O–H groups in total. The molecule has 0 spiro atoms. The zero-order valence-electron chi connectivity index (χ0n) is 15.9. The van der Waals surface area contributed by atoms with Crippen molar-refractivity contribution in [3.05, 3.63) is 63.5 Å². The third-order valence-corrected chi connectivity index (χ3v) is 6.44. The summed E-state index contributed by atoms with van der Waals surface area (Å²) in [5.41, 5.74) is 4.54. The number of pyridine rings is 1. The van der Waals surface area contributed by atoms with Crippen LogP contribution in [0.25, 0.3) is 22.6 Å². The molecule has 1 atom stereocenters. The van der Waals surface area contributed by atoms with Gasteiger partial charge in [0.2, 0.25) is 5.91 Å². The molecule has 0 radical (unpaired) electrons. The summed E-state index contributed by atoms with van der Waals surface area (Å²) >= 11 is 1.69. The number of nitrogens with one attached hydrogen (secondary N) is 2. The first-order chi connectivity index (χ1) is 14.2. The SMILES string of the molecule is O=C(NC1CCCNC1=O)c1c2c(nc3ccccc13)/C(=C\c1cccs1)CC2. The lowest BCUT2D eigenvalue weighted by Crippen LogP contribution is -2.50. The van der Waals surface area contributed by atoms with E-state index in [2.05, 4.69) is 28.2 Å². The Labute approximate surface area is 172 Å². The van der Waals surface area contributed by atoms with Gasteiger partial charge in [-0.15, -0.1) is 11.3 Å². The number of carbonyl (C=O) groups is 2. The monoisotopic (exact) mass is 403 g/mol. The number of nitrogens with zero attached hydrogens (tertiary/aromatic N) is 1. The Bertz CT molecular complexity index is 1130. The van der Waals surface area contributed by atoms with Crippen LogP contribution in [0.4, 0.5) is 0 Å². The number of aromatic nitrogens is 1. The molecule has 1 fully saturated rings. The van der Waals surface area contributed by atoms with Crippen LogP contribution >= 0.6 is 11.3 Å². The highest BCUT2D eigenvalue weighted by Gasteiger charge is 2.30. The first-order valence-electron chi connectivity index (χ1n) is 9.95. The summed E-state index contributed by atoms with van der Waals surface area (Å²) in [6.07, 6.45) is 5.37. The largest absolute Gasteiger partial charge is 0.354 e. The molecular formula is C23H21N3O2S. The van der Waals surface area contributed by atoms with E-state index in [-0.39, 0.29) is 11.8 Å². The van der Waals surface area contributed by atoms with Gasteiger partial charge in [0.25, 0.3) is 5.91 Å². The Balaban J connectivity index is 1.59. The number of allylic oxidation sites excluding steroid dienone is 1. The third-order valence-electron chi connectivity index (χ3n) is 5.62. The Kier molecular flexibility index (Phi) is 4.64. The van der Waals surface area contributed by atoms with Crippen molar-refractivity contribution in [2.24, 2.45) is 0 Å². The number of carbonyl (C=O) groups excluding carboxylic acids is 2. The molecule has 1 unspecified atom stereocenters. The van der Waals surface area contributed by atoms with Gasteiger partial charge in [-0.25, -0.2) is 4.98 Å². The Hall–Kier alpha value is -2.99. The summed E-state index contributed by atoms with van der Waals surface area (Å²) in [7, 11) is 0. The average molecular weight is 404 g/mol. The van der Waals surface area contributed by atoms with E-state index in [0.717, 1.165) is 47.0 Å². The second kappa shape index (κ2) is 7.44. The first kappa shape index (κ1) is 18.1. The number of thiophene rings is 1. The van der Waals surface area contributed by atoms with Gasteiger partial charge in [-0.1, -0.05) is 24.3 Å². The summed E-state index contributed by atoms with van der Waals surface area (Å²) < 4.78 is 0. The molecule has 1 saturated heterocycles. The molecule has 3 heterocycles. The van der Waals surface area contributed by atoms with Crippen molar-refractivity contribution in [3.8, 4) is 0 Å². The molecule has 6 heteroatoms. The van der Waals surface area contributed by atoms with E-state index in [4.69, 9.17) is 4.98 Å². The lowest BCUT2D eigenvalue weighted by atomic mass is 9.99. The fourth-order valence-electron chi connectivity index (χ4n) is 4.22. The quantitative estimate of drug-likeness (QED) is 0.699. The Morgan fingerprint density at radius 1 is 1.21 bits per heavy atom. The molecule has 2 aromatic heterocycles. The maximum Gasteiger partial charge on any atom is 0.252 e. The summed E-state index contributed by atoms with van der Waals surface area (Å²) in [6, 6.07) is 11.4. The average Bonchev–Trinajstić information content (AvgIpc) is 3.38. The van der Waals surface area contributed by atoms with Gasteiger partial charge in [-0.2, -0.15) is 0 Å². The number of amides is 2. The number of rotatable bonds is 3. The maximum atomic E-state index is 13.3. The van der Waals surface area contributed by atoms with E-state index in [1.165, 1.54) is 4.88 Å². The molecule has 5 rings (SSSR count). The van der Waals surface area contributed by atoms with Crippen LogP contribution in [0.3, 0.4) is 0 Å². The minimum atomic E-state index is -0.471. The fraction of sp³-hybridized carbons (Fsp3) is 0.261. The second-order valence-corrected chi connectivity index (χ2v) is 8.45. The minimum Gasteiger partial charge on any atom is -0.354 e. The lowest BCUT2D eigenvalue weighted by Gasteiger charge is -2.23. The van der Waals surface area contributed by atoms with E-state index in [0.29, 0.717) is 18.5 Å². The van der Waals surface area contributed by atoms with Gasteiger partial charge in [0.1, 0.15) is 6.04 Å². The van der Waals surface area contributed by atoms with Crippen LogP contribution in [0.5, 0.6) is 0 Å². The van der Waals surface area contributed by atoms with E-state index in [9.17, 15) is 9.59 Å². The number of hydrogen-bond acceptors (Lipinski definition) is 4. The molecule has 1 aliphatic carbocycles. The smallest absolute Gasteiger partial charge is 0.252 e. The van der Waals surface area contributed by atoms with Crippen LogP contribution in [0.1, 0.15) is 45.8 Å². The molecule has 0 saturated carbocycles. The van der Waals surface area contributed by atoms with Gasteiger partial charge in [0.15, 0.2) is 0 Å². The highest BCUT2D eigenvalue weighted by molar-refractivity contribution is 7.10. The van der Waals surface area contributed by atoms with Crippen LogP contribution in [0, 0.1) is 0 Å². The Morgan fingerprint density at radius 2 is 2.10 bits per heavy atom. The van der Waals surface area contributed by atoms with E-state index in [1.54, 1.807) is 11.3 Å². The van der Waals surface area contributed by atoms with Crippen LogP contribution in [-0.4, -0.2) is 29.4 Å². The van der Waals surface area contributed by atoms with Gasteiger partial charge in [-0.05, 0) is 60.4 Å². The molecule has 29 heavy (non-hydrogen) atoms. The topological polar surface area (TPSA) is 71.1 Å². The fourth-order valence-corrected chi connectivity index (χ4v) is 4.91. The van der Waals surface area contributed by atoms with Crippen LogP contribution in [-0.2, 0) is 11.2 Å². The third kappa shape index (κ3) is 3.34. The van der Waals surface area contributed by atoms with Gasteiger partial charge in [-0.3, -0.25) is 9.59 Å². The van der Waals surface area contributed by atoms with Crippen LogP contribution in [0.15, 0.2) is 41.8 Å². The van der Waals surface area contributed by atoms with Crippen molar-refractivity contribution in [3.63, 3.8) is 0 Å². The molecular weight excluding hydrogens is 382 g/mol. The standard InChI is InChI=1S/C23H21N3O2S/c27-22-19(8-3-11-24-22)26-23(28)20-16-6-1-2-7-18(16)25-21-14(9-10-17(20)21)13-15-5-4-12-29-15/h1-2,4-7,12-13,19H,3,8-11H2,(H,24,27)(H,26,28)/b14-13-.